The topological polar surface area (TPSA) is 23.1 Å². The number of alkyl halides is 11. The van der Waals surface area contributed by atoms with Crippen molar-refractivity contribution >= 4 is 0 Å². The van der Waals surface area contributed by atoms with E-state index in [1.807, 2.05) is 0 Å². The summed E-state index contributed by atoms with van der Waals surface area (Å²) in [6.07, 6.45) is -20.3. The van der Waals surface area contributed by atoms with Crippen LogP contribution in [0.1, 0.15) is 0 Å². The van der Waals surface area contributed by atoms with Gasteiger partial charge in [-0.2, -0.15) is 48.3 Å². The van der Waals surface area contributed by atoms with Gasteiger partial charge < -0.3 is 5.11 Å². The molecule has 0 aromatic heterocycles. The van der Waals surface area contributed by atoms with Crippen molar-refractivity contribution in [1.29, 1.82) is 0 Å². The third kappa shape index (κ3) is 5.26. The summed E-state index contributed by atoms with van der Waals surface area (Å²) in [6, 6.07) is 0. The zero-order valence-electron chi connectivity index (χ0n) is 8.57. The number of allylic oxidation sites excluding steroid dienone is 2. The first kappa shape index (κ1) is 22.1. The molecule has 0 aliphatic carbocycles. The molecule has 0 heterocycles. The molecule has 19 heavy (non-hydrogen) atoms. The number of rotatable bonds is 1. The van der Waals surface area contributed by atoms with E-state index in [-0.39, 0.29) is 68.9 Å². The van der Waals surface area contributed by atoms with Crippen molar-refractivity contribution in [3.8, 4) is 0 Å². The Balaban J connectivity index is 0. The van der Waals surface area contributed by atoms with Gasteiger partial charge in [-0.1, -0.05) is 0 Å². The van der Waals surface area contributed by atoms with E-state index in [9.17, 15) is 53.4 Å². The molecule has 0 atom stereocenters. The third-order valence-electron chi connectivity index (χ3n) is 1.44. The molecule has 0 N–H and O–H groups in total. The molecule has 13 heteroatoms. The maximum Gasteiger partial charge on any atom is 1.00 e. The quantitative estimate of drug-likeness (QED) is 0.422. The Kier molecular flexibility index (Phi) is 7.32. The Morgan fingerprint density at radius 2 is 0.895 bits per heavy atom. The fourth-order valence-corrected chi connectivity index (χ4v) is 0.704. The van der Waals surface area contributed by atoms with Gasteiger partial charge in [0.25, 0.3) is 0 Å². The van der Waals surface area contributed by atoms with Gasteiger partial charge in [-0.3, -0.25) is 0 Å². The van der Waals surface area contributed by atoms with Gasteiger partial charge in [-0.25, -0.2) is 0 Å². The molecule has 0 amide bonds. The Labute approximate surface area is 156 Å². The van der Waals surface area contributed by atoms with Crippen molar-refractivity contribution in [1.82, 2.24) is 0 Å². The largest absolute Gasteiger partial charge is 1.00 e. The van der Waals surface area contributed by atoms with Crippen molar-refractivity contribution in [3.63, 3.8) is 0 Å². The molecular formula is C6CsF11O. The van der Waals surface area contributed by atoms with Crippen LogP contribution in [0.5, 0.6) is 0 Å². The van der Waals surface area contributed by atoms with Gasteiger partial charge in [0, 0.05) is 0 Å². The fraction of sp³-hybridized carbons (Fsp3) is 0.667. The van der Waals surface area contributed by atoms with Crippen LogP contribution in [0.15, 0.2) is 11.3 Å². The van der Waals surface area contributed by atoms with Gasteiger partial charge in [-0.05, 0) is 5.76 Å². The van der Waals surface area contributed by atoms with E-state index in [0.29, 0.717) is 0 Å². The number of hydrogen-bond acceptors (Lipinski definition) is 1. The number of hydrogen-bond donors (Lipinski definition) is 0. The van der Waals surface area contributed by atoms with E-state index in [1.54, 1.807) is 0 Å². The molecule has 0 fully saturated rings. The van der Waals surface area contributed by atoms with Crippen LogP contribution in [0.2, 0.25) is 0 Å². The Morgan fingerprint density at radius 3 is 1.05 bits per heavy atom. The molecular weight excluding hydrogens is 430 g/mol. The fourth-order valence-electron chi connectivity index (χ4n) is 0.704. The molecule has 1 nitrogen and oxygen atoms in total. The van der Waals surface area contributed by atoms with Crippen LogP contribution in [-0.4, -0.2) is 24.5 Å². The van der Waals surface area contributed by atoms with E-state index >= 15 is 0 Å². The Hall–Kier alpha value is 0.822. The van der Waals surface area contributed by atoms with Crippen LogP contribution in [0.25, 0.3) is 0 Å². The maximum absolute atomic E-state index is 12.1. The zero-order valence-corrected chi connectivity index (χ0v) is 14.8. The molecule has 0 bridgehead atoms. The molecule has 0 rings (SSSR count). The second-order valence-corrected chi connectivity index (χ2v) is 2.77. The van der Waals surface area contributed by atoms with E-state index < -0.39 is 35.8 Å². The molecule has 0 aliphatic rings. The summed E-state index contributed by atoms with van der Waals surface area (Å²) >= 11 is 0. The molecule has 0 aromatic rings. The minimum absolute atomic E-state index is 0. The van der Waals surface area contributed by atoms with Gasteiger partial charge in [0.05, 0.1) is 0 Å². The molecule has 0 spiro atoms. The summed E-state index contributed by atoms with van der Waals surface area (Å²) in [7, 11) is 0. The first-order chi connectivity index (χ1) is 7.53. The second kappa shape index (κ2) is 6.29. The predicted molar refractivity (Wildman–Crippen MR) is 30.1 cm³/mol. The van der Waals surface area contributed by atoms with E-state index in [2.05, 4.69) is 0 Å². The minimum Gasteiger partial charge on any atom is -0.871 e. The smallest absolute Gasteiger partial charge is 0.871 e. The summed E-state index contributed by atoms with van der Waals surface area (Å²) in [4.78, 5) is 0. The standard InChI is InChI=1S/C6HF11O.Cs/c7-3(8,6(15,16)17)2(18)1(4(9,10)11)5(12,13)14;/h18H;/q;+1/p-1. The first-order valence-corrected chi connectivity index (χ1v) is 3.53. The van der Waals surface area contributed by atoms with E-state index in [0.717, 1.165) is 0 Å². The maximum atomic E-state index is 12.1. The summed E-state index contributed by atoms with van der Waals surface area (Å²) in [5.74, 6) is -11.2. The monoisotopic (exact) mass is 430 g/mol. The van der Waals surface area contributed by atoms with Gasteiger partial charge in [0.2, 0.25) is 0 Å². The molecule has 0 saturated heterocycles. The van der Waals surface area contributed by atoms with Crippen LogP contribution >= 0.6 is 0 Å². The second-order valence-electron chi connectivity index (χ2n) is 2.77. The van der Waals surface area contributed by atoms with Gasteiger partial charge >= 0.3 is 93.3 Å². The summed E-state index contributed by atoms with van der Waals surface area (Å²) in [5, 5.41) is 10.2. The van der Waals surface area contributed by atoms with Gasteiger partial charge in [0.1, 0.15) is 5.57 Å². The van der Waals surface area contributed by atoms with Crippen molar-refractivity contribution in [3.05, 3.63) is 11.3 Å². The average molecular weight is 430 g/mol. The average Bonchev–Trinajstić information content (AvgIpc) is 1.95. The van der Waals surface area contributed by atoms with Crippen LogP contribution in [0.3, 0.4) is 0 Å². The van der Waals surface area contributed by atoms with Crippen LogP contribution in [0, 0.1) is 0 Å². The van der Waals surface area contributed by atoms with Gasteiger partial charge in [-0.15, -0.1) is 0 Å². The molecule has 0 radical (unpaired) electrons. The van der Waals surface area contributed by atoms with Crippen LogP contribution in [0.4, 0.5) is 48.3 Å². The van der Waals surface area contributed by atoms with Gasteiger partial charge in [0.15, 0.2) is 0 Å². The molecule has 0 aliphatic heterocycles. The summed E-state index contributed by atoms with van der Waals surface area (Å²) in [6.45, 7) is 0. The Morgan fingerprint density at radius 1 is 0.632 bits per heavy atom. The normalized spacial score (nSPS) is 13.8. The van der Waals surface area contributed by atoms with Crippen LogP contribution < -0.4 is 74.0 Å². The SMILES string of the molecule is [Cs+].[O-]C(=C(C(F)(F)F)C(F)(F)F)C(F)(F)C(F)(F)F. The van der Waals surface area contributed by atoms with E-state index in [4.69, 9.17) is 0 Å². The summed E-state index contributed by atoms with van der Waals surface area (Å²) < 4.78 is 129. The molecule has 0 saturated carbocycles. The van der Waals surface area contributed by atoms with E-state index in [1.165, 1.54) is 0 Å². The minimum atomic E-state index is -6.87. The molecule has 0 aromatic carbocycles. The predicted octanol–water partition coefficient (Wildman–Crippen LogP) is -0.0730. The Bertz CT molecular complexity index is 330. The van der Waals surface area contributed by atoms with Crippen molar-refractivity contribution in [2.45, 2.75) is 24.5 Å². The third-order valence-corrected chi connectivity index (χ3v) is 1.44. The summed E-state index contributed by atoms with van der Waals surface area (Å²) in [5.41, 5.74) is -4.42. The van der Waals surface area contributed by atoms with Crippen LogP contribution in [-0.2, 0) is 0 Å². The van der Waals surface area contributed by atoms with Crippen molar-refractivity contribution in [2.24, 2.45) is 0 Å². The number of halogens is 11. The van der Waals surface area contributed by atoms with Crippen molar-refractivity contribution < 1.29 is 122 Å². The first-order valence-electron chi connectivity index (χ1n) is 3.53. The molecule has 108 valence electrons. The van der Waals surface area contributed by atoms with Crippen molar-refractivity contribution in [2.75, 3.05) is 0 Å². The zero-order chi connectivity index (χ0) is 15.2. The molecule has 0 unspecified atom stereocenters.